The Labute approximate surface area is 142 Å². The van der Waals surface area contributed by atoms with E-state index in [2.05, 4.69) is 5.32 Å². The monoisotopic (exact) mass is 332 g/mol. The van der Waals surface area contributed by atoms with Crippen LogP contribution in [0.15, 0.2) is 24.3 Å². The van der Waals surface area contributed by atoms with Crippen molar-refractivity contribution in [2.24, 2.45) is 0 Å². The Morgan fingerprint density at radius 3 is 2.25 bits per heavy atom. The highest BCUT2D eigenvalue weighted by atomic mass is 16.5. The number of likely N-dealkylation sites (tertiary alicyclic amines) is 1. The Kier molecular flexibility index (Phi) is 5.95. The molecule has 0 spiro atoms. The summed E-state index contributed by atoms with van der Waals surface area (Å²) < 4.78 is 5.14. The van der Waals surface area contributed by atoms with Gasteiger partial charge < -0.3 is 15.0 Å². The highest BCUT2D eigenvalue weighted by Crippen LogP contribution is 2.22. The molecule has 1 heterocycles. The van der Waals surface area contributed by atoms with E-state index >= 15 is 0 Å². The van der Waals surface area contributed by atoms with Gasteiger partial charge in [-0.05, 0) is 57.4 Å². The van der Waals surface area contributed by atoms with Crippen molar-refractivity contribution < 1.29 is 19.1 Å². The molecule has 0 radical (unpaired) electrons. The first kappa shape index (κ1) is 18.0. The minimum absolute atomic E-state index is 0.155. The van der Waals surface area contributed by atoms with E-state index in [1.54, 1.807) is 24.3 Å². The van der Waals surface area contributed by atoms with Gasteiger partial charge >= 0.3 is 5.97 Å². The van der Waals surface area contributed by atoms with E-state index in [4.69, 9.17) is 4.74 Å². The van der Waals surface area contributed by atoms with Crippen molar-refractivity contribution in [3.8, 4) is 0 Å². The molecule has 0 aliphatic carbocycles. The molecule has 24 heavy (non-hydrogen) atoms. The summed E-state index contributed by atoms with van der Waals surface area (Å²) >= 11 is 0. The third-order valence-corrected chi connectivity index (χ3v) is 4.25. The predicted octanol–water partition coefficient (Wildman–Crippen LogP) is 2.59. The standard InChI is InChI=1S/C18H24N2O4/c1-12-5-4-6-13(2)20(12)17(22)11-24-18(23)15-7-9-16(10-8-15)19-14(3)21/h7-10,12-13H,4-6,11H2,1-3H3,(H,19,21). The van der Waals surface area contributed by atoms with Crippen molar-refractivity contribution in [3.05, 3.63) is 29.8 Å². The summed E-state index contributed by atoms with van der Waals surface area (Å²) in [6.07, 6.45) is 3.08. The number of piperidine rings is 1. The third-order valence-electron chi connectivity index (χ3n) is 4.25. The second-order valence-corrected chi connectivity index (χ2v) is 6.26. The third kappa shape index (κ3) is 4.57. The molecule has 1 N–H and O–H groups in total. The van der Waals surface area contributed by atoms with Gasteiger partial charge in [0, 0.05) is 24.7 Å². The summed E-state index contributed by atoms with van der Waals surface area (Å²) in [6, 6.07) is 6.71. The molecule has 2 rings (SSSR count). The number of hydrogen-bond donors (Lipinski definition) is 1. The van der Waals surface area contributed by atoms with Crippen LogP contribution in [0.1, 0.15) is 50.4 Å². The fraction of sp³-hybridized carbons (Fsp3) is 0.500. The van der Waals surface area contributed by atoms with Crippen LogP contribution in [0.2, 0.25) is 0 Å². The molecule has 0 aromatic heterocycles. The van der Waals surface area contributed by atoms with Crippen molar-refractivity contribution in [2.45, 2.75) is 52.1 Å². The van der Waals surface area contributed by atoms with Gasteiger partial charge in [0.1, 0.15) is 0 Å². The number of carbonyl (C=O) groups is 3. The number of hydrogen-bond acceptors (Lipinski definition) is 4. The van der Waals surface area contributed by atoms with Gasteiger partial charge in [-0.15, -0.1) is 0 Å². The van der Waals surface area contributed by atoms with Crippen LogP contribution in [0.4, 0.5) is 5.69 Å². The fourth-order valence-corrected chi connectivity index (χ4v) is 3.09. The Balaban J connectivity index is 1.90. The highest BCUT2D eigenvalue weighted by molar-refractivity contribution is 5.93. The number of rotatable bonds is 4. The van der Waals surface area contributed by atoms with E-state index in [9.17, 15) is 14.4 Å². The fourth-order valence-electron chi connectivity index (χ4n) is 3.09. The van der Waals surface area contributed by atoms with E-state index in [0.717, 1.165) is 19.3 Å². The number of ether oxygens (including phenoxy) is 1. The van der Waals surface area contributed by atoms with Gasteiger partial charge in [-0.1, -0.05) is 0 Å². The van der Waals surface area contributed by atoms with Crippen LogP contribution in [-0.2, 0) is 14.3 Å². The maximum absolute atomic E-state index is 12.3. The van der Waals surface area contributed by atoms with Gasteiger partial charge in [0.05, 0.1) is 5.56 Å². The maximum Gasteiger partial charge on any atom is 0.338 e. The lowest BCUT2D eigenvalue weighted by Crippen LogP contribution is -2.49. The molecule has 2 unspecified atom stereocenters. The largest absolute Gasteiger partial charge is 0.452 e. The molecule has 0 saturated carbocycles. The van der Waals surface area contributed by atoms with Crippen LogP contribution in [0, 0.1) is 0 Å². The number of esters is 1. The zero-order chi connectivity index (χ0) is 17.7. The second-order valence-electron chi connectivity index (χ2n) is 6.26. The number of amides is 2. The van der Waals surface area contributed by atoms with Gasteiger partial charge in [0.15, 0.2) is 6.61 Å². The normalized spacial score (nSPS) is 20.4. The van der Waals surface area contributed by atoms with Crippen molar-refractivity contribution in [2.75, 3.05) is 11.9 Å². The molecule has 130 valence electrons. The van der Waals surface area contributed by atoms with Crippen molar-refractivity contribution in [1.82, 2.24) is 4.90 Å². The summed E-state index contributed by atoms with van der Waals surface area (Å²) in [6.45, 7) is 5.21. The van der Waals surface area contributed by atoms with Gasteiger partial charge in [-0.2, -0.15) is 0 Å². The predicted molar refractivity (Wildman–Crippen MR) is 90.6 cm³/mol. The first-order valence-corrected chi connectivity index (χ1v) is 8.24. The van der Waals surface area contributed by atoms with E-state index in [0.29, 0.717) is 11.3 Å². The number of carbonyl (C=O) groups excluding carboxylic acids is 3. The van der Waals surface area contributed by atoms with Crippen molar-refractivity contribution in [1.29, 1.82) is 0 Å². The highest BCUT2D eigenvalue weighted by Gasteiger charge is 2.29. The molecule has 1 saturated heterocycles. The molecule has 1 aliphatic heterocycles. The SMILES string of the molecule is CC(=O)Nc1ccc(C(=O)OCC(=O)N2C(C)CCCC2C)cc1. The Morgan fingerprint density at radius 2 is 1.71 bits per heavy atom. The van der Waals surface area contributed by atoms with Crippen LogP contribution in [-0.4, -0.2) is 41.4 Å². The molecule has 6 nitrogen and oxygen atoms in total. The van der Waals surface area contributed by atoms with Crippen LogP contribution >= 0.6 is 0 Å². The zero-order valence-corrected chi connectivity index (χ0v) is 14.4. The summed E-state index contributed by atoms with van der Waals surface area (Å²) in [5, 5.41) is 2.62. The van der Waals surface area contributed by atoms with Crippen LogP contribution in [0.5, 0.6) is 0 Å². The Morgan fingerprint density at radius 1 is 1.12 bits per heavy atom. The van der Waals surface area contributed by atoms with Crippen molar-refractivity contribution >= 4 is 23.5 Å². The summed E-state index contributed by atoms with van der Waals surface area (Å²) in [7, 11) is 0. The molecule has 1 aromatic rings. The van der Waals surface area contributed by atoms with Crippen LogP contribution in [0.3, 0.4) is 0 Å². The molecule has 1 aliphatic rings. The second kappa shape index (κ2) is 7.95. The molecule has 2 atom stereocenters. The van der Waals surface area contributed by atoms with Gasteiger partial charge in [-0.3, -0.25) is 9.59 Å². The van der Waals surface area contributed by atoms with E-state index < -0.39 is 5.97 Å². The quantitative estimate of drug-likeness (QED) is 0.860. The first-order chi connectivity index (χ1) is 11.4. The maximum atomic E-state index is 12.3. The number of nitrogens with zero attached hydrogens (tertiary/aromatic N) is 1. The average molecular weight is 332 g/mol. The number of benzene rings is 1. The van der Waals surface area contributed by atoms with Gasteiger partial charge in [0.2, 0.25) is 5.91 Å². The molecule has 0 bridgehead atoms. The van der Waals surface area contributed by atoms with Crippen LogP contribution < -0.4 is 5.32 Å². The lowest BCUT2D eigenvalue weighted by molar-refractivity contribution is -0.140. The lowest BCUT2D eigenvalue weighted by atomic mass is 9.97. The summed E-state index contributed by atoms with van der Waals surface area (Å²) in [4.78, 5) is 37.2. The van der Waals surface area contributed by atoms with Crippen molar-refractivity contribution in [3.63, 3.8) is 0 Å². The molecular formula is C18H24N2O4. The number of nitrogens with one attached hydrogen (secondary N) is 1. The molecule has 1 fully saturated rings. The lowest BCUT2D eigenvalue weighted by Gasteiger charge is -2.38. The minimum atomic E-state index is -0.546. The molecule has 1 aromatic carbocycles. The average Bonchev–Trinajstić information content (AvgIpc) is 2.52. The summed E-state index contributed by atoms with van der Waals surface area (Å²) in [5.41, 5.74) is 0.947. The Hall–Kier alpha value is -2.37. The Bertz CT molecular complexity index is 602. The zero-order valence-electron chi connectivity index (χ0n) is 14.4. The molecule has 6 heteroatoms. The minimum Gasteiger partial charge on any atom is -0.452 e. The number of anilines is 1. The molecular weight excluding hydrogens is 308 g/mol. The van der Waals surface area contributed by atoms with E-state index in [-0.39, 0.29) is 30.5 Å². The van der Waals surface area contributed by atoms with E-state index in [1.807, 2.05) is 18.7 Å². The summed E-state index contributed by atoms with van der Waals surface area (Å²) in [5.74, 6) is -0.881. The smallest absolute Gasteiger partial charge is 0.338 e. The molecule has 2 amide bonds. The van der Waals surface area contributed by atoms with Gasteiger partial charge in [0.25, 0.3) is 5.91 Å². The van der Waals surface area contributed by atoms with Crippen LogP contribution in [0.25, 0.3) is 0 Å². The first-order valence-electron chi connectivity index (χ1n) is 8.24. The van der Waals surface area contributed by atoms with Gasteiger partial charge in [-0.25, -0.2) is 4.79 Å². The topological polar surface area (TPSA) is 75.7 Å². The van der Waals surface area contributed by atoms with E-state index in [1.165, 1.54) is 6.92 Å².